The molecule has 0 radical (unpaired) electrons. The van der Waals surface area contributed by atoms with Crippen LogP contribution in [0.4, 0.5) is 22.7 Å². The van der Waals surface area contributed by atoms with Crippen LogP contribution in [0.5, 0.6) is 0 Å². The van der Waals surface area contributed by atoms with Crippen molar-refractivity contribution in [1.82, 2.24) is 5.48 Å². The lowest BCUT2D eigenvalue weighted by atomic mass is 9.63. The lowest BCUT2D eigenvalue weighted by Crippen LogP contribution is -2.34. The predicted octanol–water partition coefficient (Wildman–Crippen LogP) is 10.5. The number of fused-ring (bicyclic) bond motifs is 2. The normalized spacial score (nSPS) is 16.4. The van der Waals surface area contributed by atoms with Gasteiger partial charge in [0.25, 0.3) is 23.6 Å². The SMILES string of the molecule is CC1(C)CCC(C)(C)c2cc(C(=O)Nc3ccc(C(=O)NO)cc3)ccc21.CC1(C)CCC(C)(C)c2cc(C(=O)Nc3ccc(C(=O)Nc4ccccc4N)cc3)ccc21. The van der Waals surface area contributed by atoms with Crippen LogP contribution in [0, 0.1) is 0 Å². The summed E-state index contributed by atoms with van der Waals surface area (Å²) < 4.78 is 0. The zero-order chi connectivity index (χ0) is 43.6. The van der Waals surface area contributed by atoms with Crippen molar-refractivity contribution in [2.75, 3.05) is 21.7 Å². The molecular weight excluding hydrogens is 751 g/mol. The highest BCUT2D eigenvalue weighted by Crippen LogP contribution is 2.47. The van der Waals surface area contributed by atoms with Crippen molar-refractivity contribution in [2.45, 2.75) is 103 Å². The lowest BCUT2D eigenvalue weighted by Gasteiger charge is -2.42. The van der Waals surface area contributed by atoms with E-state index in [1.165, 1.54) is 22.3 Å². The van der Waals surface area contributed by atoms with E-state index >= 15 is 0 Å². The van der Waals surface area contributed by atoms with Gasteiger partial charge in [-0.2, -0.15) is 0 Å². The van der Waals surface area contributed by atoms with Gasteiger partial charge < -0.3 is 21.7 Å². The average molecular weight is 808 g/mol. The monoisotopic (exact) mass is 807 g/mol. The Morgan fingerprint density at radius 1 is 0.450 bits per heavy atom. The zero-order valence-corrected chi connectivity index (χ0v) is 35.9. The molecule has 4 amide bonds. The smallest absolute Gasteiger partial charge is 0.274 e. The highest BCUT2D eigenvalue weighted by atomic mass is 16.5. The summed E-state index contributed by atoms with van der Waals surface area (Å²) in [5, 5.41) is 17.3. The van der Waals surface area contributed by atoms with E-state index in [2.05, 4.69) is 83.5 Å². The molecule has 2 aliphatic carbocycles. The third-order valence-electron chi connectivity index (χ3n) is 12.4. The number of rotatable bonds is 7. The molecule has 7 N–H and O–H groups in total. The molecule has 0 saturated carbocycles. The summed E-state index contributed by atoms with van der Waals surface area (Å²) in [7, 11) is 0. The molecule has 60 heavy (non-hydrogen) atoms. The van der Waals surface area contributed by atoms with Crippen molar-refractivity contribution >= 4 is 46.4 Å². The van der Waals surface area contributed by atoms with Crippen LogP contribution >= 0.6 is 0 Å². The Labute approximate surface area is 353 Å². The minimum Gasteiger partial charge on any atom is -0.397 e. The Balaban J connectivity index is 0.000000205. The first-order valence-electron chi connectivity index (χ1n) is 20.4. The molecule has 0 heterocycles. The van der Waals surface area contributed by atoms with E-state index in [0.29, 0.717) is 45.0 Å². The van der Waals surface area contributed by atoms with Gasteiger partial charge in [-0.15, -0.1) is 0 Å². The van der Waals surface area contributed by atoms with Gasteiger partial charge in [-0.1, -0.05) is 79.7 Å². The highest BCUT2D eigenvalue weighted by molar-refractivity contribution is 6.07. The summed E-state index contributed by atoms with van der Waals surface area (Å²) in [6.07, 6.45) is 4.45. The molecule has 0 aliphatic heterocycles. The van der Waals surface area contributed by atoms with Crippen molar-refractivity contribution in [3.05, 3.63) is 154 Å². The van der Waals surface area contributed by atoms with Gasteiger partial charge in [-0.05, 0) is 155 Å². The Kier molecular flexibility index (Phi) is 12.1. The van der Waals surface area contributed by atoms with Crippen molar-refractivity contribution in [3.63, 3.8) is 0 Å². The molecule has 312 valence electrons. The number of benzene rings is 5. The minimum atomic E-state index is -0.590. The van der Waals surface area contributed by atoms with Crippen molar-refractivity contribution < 1.29 is 24.4 Å². The number of nitrogen functional groups attached to an aromatic ring is 1. The fourth-order valence-corrected chi connectivity index (χ4v) is 8.15. The first-order valence-corrected chi connectivity index (χ1v) is 20.4. The number of hydroxylamine groups is 1. The molecule has 5 aromatic rings. The number of hydrogen-bond donors (Lipinski definition) is 6. The predicted molar refractivity (Wildman–Crippen MR) is 240 cm³/mol. The molecule has 0 fully saturated rings. The minimum absolute atomic E-state index is 0.0400. The first-order chi connectivity index (χ1) is 28.2. The quantitative estimate of drug-likeness (QED) is 0.0545. The fourth-order valence-electron chi connectivity index (χ4n) is 8.15. The molecule has 2 aliphatic rings. The summed E-state index contributed by atoms with van der Waals surface area (Å²) in [4.78, 5) is 49.6. The molecule has 0 aromatic heterocycles. The van der Waals surface area contributed by atoms with Gasteiger partial charge in [-0.25, -0.2) is 5.48 Å². The van der Waals surface area contributed by atoms with E-state index in [1.807, 2.05) is 36.4 Å². The number of carbonyl (C=O) groups is 4. The van der Waals surface area contributed by atoms with Gasteiger partial charge in [0, 0.05) is 33.6 Å². The van der Waals surface area contributed by atoms with E-state index in [9.17, 15) is 19.2 Å². The second-order valence-corrected chi connectivity index (χ2v) is 18.6. The van der Waals surface area contributed by atoms with Gasteiger partial charge >= 0.3 is 0 Å². The Bertz CT molecular complexity index is 2430. The van der Waals surface area contributed by atoms with E-state index in [4.69, 9.17) is 10.9 Å². The summed E-state index contributed by atoms with van der Waals surface area (Å²) in [6.45, 7) is 18.0. The first kappa shape index (κ1) is 43.3. The molecule has 0 spiro atoms. The number of amides is 4. The molecule has 0 unspecified atom stereocenters. The Morgan fingerprint density at radius 3 is 1.20 bits per heavy atom. The van der Waals surface area contributed by atoms with Crippen LogP contribution in [0.3, 0.4) is 0 Å². The van der Waals surface area contributed by atoms with Gasteiger partial charge in [0.05, 0.1) is 11.4 Å². The van der Waals surface area contributed by atoms with E-state index < -0.39 is 5.91 Å². The van der Waals surface area contributed by atoms with Crippen molar-refractivity contribution in [1.29, 1.82) is 0 Å². The van der Waals surface area contributed by atoms with Crippen LogP contribution in [-0.4, -0.2) is 28.8 Å². The van der Waals surface area contributed by atoms with E-state index in [1.54, 1.807) is 66.1 Å². The molecule has 0 atom stereocenters. The number of hydrogen-bond acceptors (Lipinski definition) is 6. The van der Waals surface area contributed by atoms with Gasteiger partial charge in [0.2, 0.25) is 0 Å². The van der Waals surface area contributed by atoms with Gasteiger partial charge in [-0.3, -0.25) is 24.4 Å². The topological polar surface area (TPSA) is 163 Å². The van der Waals surface area contributed by atoms with Crippen LogP contribution in [0.1, 0.15) is 145 Å². The molecule has 10 nitrogen and oxygen atoms in total. The maximum atomic E-state index is 13.0. The molecule has 10 heteroatoms. The largest absolute Gasteiger partial charge is 0.397 e. The number of carbonyl (C=O) groups excluding carboxylic acids is 4. The third-order valence-corrected chi connectivity index (χ3v) is 12.4. The summed E-state index contributed by atoms with van der Waals surface area (Å²) in [5.74, 6) is -1.19. The van der Waals surface area contributed by atoms with E-state index in [0.717, 1.165) is 25.7 Å². The average Bonchev–Trinajstić information content (AvgIpc) is 3.22. The standard InChI is InChI=1S/C28H31N3O2.C22H26N2O3/c1-27(2)15-16-28(3,4)22-17-19(11-14-21(22)27)26(33)30-20-12-9-18(10-13-20)25(32)31-24-8-6-5-7-23(24)29;1-21(2)11-12-22(3,4)18-13-15(7-10-17(18)21)19(25)23-16-8-5-14(6-9-16)20(26)24-27/h5-14,17H,15-16,29H2,1-4H3,(H,30,33)(H,31,32);5-10,13,27H,11-12H2,1-4H3,(H,23,25)(H,24,26). The maximum Gasteiger partial charge on any atom is 0.274 e. The summed E-state index contributed by atoms with van der Waals surface area (Å²) >= 11 is 0. The van der Waals surface area contributed by atoms with Crippen LogP contribution in [0.15, 0.2) is 109 Å². The number of anilines is 4. The van der Waals surface area contributed by atoms with Gasteiger partial charge in [0.1, 0.15) is 0 Å². The van der Waals surface area contributed by atoms with Crippen LogP contribution in [-0.2, 0) is 21.7 Å². The highest BCUT2D eigenvalue weighted by Gasteiger charge is 2.38. The van der Waals surface area contributed by atoms with Crippen molar-refractivity contribution in [3.8, 4) is 0 Å². The number of nitrogens with one attached hydrogen (secondary N) is 4. The maximum absolute atomic E-state index is 13.0. The molecule has 5 aromatic carbocycles. The molecule has 0 bridgehead atoms. The number of para-hydroxylation sites is 2. The fraction of sp³-hybridized carbons (Fsp3) is 0.320. The summed E-state index contributed by atoms with van der Waals surface area (Å²) in [6, 6.07) is 32.3. The summed E-state index contributed by atoms with van der Waals surface area (Å²) in [5.41, 5.74) is 17.3. The molecule has 0 saturated heterocycles. The van der Waals surface area contributed by atoms with Crippen molar-refractivity contribution in [2.24, 2.45) is 0 Å². The Hall–Kier alpha value is -6.26. The van der Waals surface area contributed by atoms with Crippen LogP contribution in [0.25, 0.3) is 0 Å². The van der Waals surface area contributed by atoms with Gasteiger partial charge in [0.15, 0.2) is 0 Å². The van der Waals surface area contributed by atoms with Crippen LogP contribution < -0.4 is 27.2 Å². The molecule has 7 rings (SSSR count). The van der Waals surface area contributed by atoms with Crippen LogP contribution in [0.2, 0.25) is 0 Å². The Morgan fingerprint density at radius 2 is 0.800 bits per heavy atom. The molecular formula is C50H57N5O5. The third kappa shape index (κ3) is 9.45. The van der Waals surface area contributed by atoms with E-state index in [-0.39, 0.29) is 39.4 Å². The number of nitrogens with two attached hydrogens (primary N) is 1. The second kappa shape index (κ2) is 16.8. The zero-order valence-electron chi connectivity index (χ0n) is 35.9. The lowest BCUT2D eigenvalue weighted by molar-refractivity contribution is 0.0706. The second-order valence-electron chi connectivity index (χ2n) is 18.6.